The fraction of sp³-hybridized carbons (Fsp3) is 0.0833. The van der Waals surface area contributed by atoms with Crippen LogP contribution in [0.2, 0.25) is 5.02 Å². The average molecular weight is 403 g/mol. The molecule has 4 aromatic rings. The number of hydrogen-bond acceptors (Lipinski definition) is 3. The van der Waals surface area contributed by atoms with Crippen LogP contribution < -0.4 is 4.74 Å². The number of carbonyl (C=O) groups is 1. The molecule has 144 valence electrons. The number of Topliss-reactive ketones (excluding diaryl/α,β-unsaturated/α-hetero) is 1. The van der Waals surface area contributed by atoms with Crippen LogP contribution in [-0.2, 0) is 6.54 Å². The largest absolute Gasteiger partial charge is 0.497 e. The Hall–Kier alpha value is -3.37. The minimum Gasteiger partial charge on any atom is -0.497 e. The highest BCUT2D eigenvalue weighted by Crippen LogP contribution is 2.34. The van der Waals surface area contributed by atoms with Gasteiger partial charge in [-0.15, -0.1) is 0 Å². The lowest BCUT2D eigenvalue weighted by atomic mass is 9.98. The lowest BCUT2D eigenvalue weighted by Gasteiger charge is -2.13. The molecule has 0 radical (unpaired) electrons. The van der Waals surface area contributed by atoms with Crippen molar-refractivity contribution in [3.05, 3.63) is 95.8 Å². The number of carbonyl (C=O) groups excluding carboxylic acids is 1. The van der Waals surface area contributed by atoms with Crippen molar-refractivity contribution in [2.24, 2.45) is 0 Å². The van der Waals surface area contributed by atoms with Crippen molar-refractivity contribution >= 4 is 17.4 Å². The first kappa shape index (κ1) is 19.0. The van der Waals surface area contributed by atoms with Gasteiger partial charge in [-0.3, -0.25) is 4.79 Å². The molecule has 0 saturated heterocycles. The normalized spacial score (nSPS) is 10.7. The van der Waals surface area contributed by atoms with Crippen LogP contribution in [0.3, 0.4) is 0 Å². The molecule has 1 aromatic heterocycles. The summed E-state index contributed by atoms with van der Waals surface area (Å²) in [4.78, 5) is 17.3. The Morgan fingerprint density at radius 3 is 2.48 bits per heavy atom. The zero-order valence-corrected chi connectivity index (χ0v) is 16.6. The smallest absolute Gasteiger partial charge is 0.182 e. The summed E-state index contributed by atoms with van der Waals surface area (Å²) < 4.78 is 7.29. The number of rotatable bonds is 6. The zero-order valence-electron chi connectivity index (χ0n) is 15.9. The Morgan fingerprint density at radius 1 is 1.00 bits per heavy atom. The fourth-order valence-electron chi connectivity index (χ4n) is 3.27. The van der Waals surface area contributed by atoms with Crippen molar-refractivity contribution in [1.29, 1.82) is 0 Å². The summed E-state index contributed by atoms with van der Waals surface area (Å²) in [5, 5.41) is 0.605. The van der Waals surface area contributed by atoms with E-state index in [-0.39, 0.29) is 12.3 Å². The minimum atomic E-state index is -0.00919. The molecule has 0 fully saturated rings. The summed E-state index contributed by atoms with van der Waals surface area (Å²) in [7, 11) is 1.64. The molecule has 0 spiro atoms. The number of ketones is 1. The number of hydrogen-bond donors (Lipinski definition) is 0. The van der Waals surface area contributed by atoms with E-state index in [0.717, 1.165) is 22.4 Å². The van der Waals surface area contributed by atoms with Crippen molar-refractivity contribution in [2.45, 2.75) is 6.54 Å². The van der Waals surface area contributed by atoms with Gasteiger partial charge in [0.15, 0.2) is 5.78 Å². The van der Waals surface area contributed by atoms with Crippen LogP contribution in [0, 0.1) is 0 Å². The highest BCUT2D eigenvalue weighted by Gasteiger charge is 2.16. The fourth-order valence-corrected chi connectivity index (χ4v) is 3.39. The van der Waals surface area contributed by atoms with Gasteiger partial charge in [-0.1, -0.05) is 41.9 Å². The standard InChI is InChI=1S/C24H19ClN2O2/c1-29-20-11-12-21(17-5-3-2-4-6-17)22(15-20)24-26-13-14-27(24)16-23(28)18-7-9-19(25)10-8-18/h2-15H,16H2,1H3. The highest BCUT2D eigenvalue weighted by atomic mass is 35.5. The number of methoxy groups -OCH3 is 1. The van der Waals surface area contributed by atoms with Crippen LogP contribution in [0.5, 0.6) is 5.75 Å². The van der Waals surface area contributed by atoms with Crippen LogP contribution >= 0.6 is 11.6 Å². The number of halogens is 1. The molecular formula is C24H19ClN2O2. The van der Waals surface area contributed by atoms with Gasteiger partial charge in [-0.2, -0.15) is 0 Å². The monoisotopic (exact) mass is 402 g/mol. The molecule has 29 heavy (non-hydrogen) atoms. The van der Waals surface area contributed by atoms with Gasteiger partial charge in [0, 0.05) is 28.5 Å². The van der Waals surface area contributed by atoms with Crippen LogP contribution in [0.15, 0.2) is 85.2 Å². The average Bonchev–Trinajstić information content (AvgIpc) is 3.22. The Bertz CT molecular complexity index is 1140. The third-order valence-corrected chi connectivity index (χ3v) is 5.00. The summed E-state index contributed by atoms with van der Waals surface area (Å²) in [6, 6.07) is 22.9. The molecule has 0 amide bonds. The second kappa shape index (κ2) is 8.33. The van der Waals surface area contributed by atoms with Crippen LogP contribution in [0.25, 0.3) is 22.5 Å². The van der Waals surface area contributed by atoms with Crippen LogP contribution in [0.1, 0.15) is 10.4 Å². The lowest BCUT2D eigenvalue weighted by Crippen LogP contribution is -2.11. The third kappa shape index (κ3) is 4.08. The van der Waals surface area contributed by atoms with E-state index in [1.165, 1.54) is 0 Å². The molecule has 1 heterocycles. The van der Waals surface area contributed by atoms with Gasteiger partial charge in [-0.05, 0) is 53.6 Å². The molecule has 0 aliphatic rings. The van der Waals surface area contributed by atoms with Crippen LogP contribution in [-0.4, -0.2) is 22.4 Å². The zero-order chi connectivity index (χ0) is 20.2. The van der Waals surface area contributed by atoms with Gasteiger partial charge in [0.25, 0.3) is 0 Å². The van der Waals surface area contributed by atoms with E-state index < -0.39 is 0 Å². The predicted molar refractivity (Wildman–Crippen MR) is 115 cm³/mol. The Morgan fingerprint density at radius 2 is 1.76 bits per heavy atom. The Balaban J connectivity index is 1.74. The van der Waals surface area contributed by atoms with E-state index in [0.29, 0.717) is 16.4 Å². The lowest BCUT2D eigenvalue weighted by molar-refractivity contribution is 0.0972. The van der Waals surface area contributed by atoms with Crippen molar-refractivity contribution < 1.29 is 9.53 Å². The molecule has 0 N–H and O–H groups in total. The van der Waals surface area contributed by atoms with Crippen molar-refractivity contribution in [3.63, 3.8) is 0 Å². The molecule has 5 heteroatoms. The molecule has 0 atom stereocenters. The number of imidazole rings is 1. The second-order valence-electron chi connectivity index (χ2n) is 6.59. The highest BCUT2D eigenvalue weighted by molar-refractivity contribution is 6.30. The molecule has 4 rings (SSSR count). The quantitative estimate of drug-likeness (QED) is 0.385. The molecule has 0 bridgehead atoms. The maximum absolute atomic E-state index is 12.8. The van der Waals surface area contributed by atoms with E-state index in [1.54, 1.807) is 37.6 Å². The number of benzene rings is 3. The van der Waals surface area contributed by atoms with E-state index in [1.807, 2.05) is 47.2 Å². The molecule has 0 aliphatic heterocycles. The van der Waals surface area contributed by atoms with Gasteiger partial charge in [0.05, 0.1) is 13.7 Å². The number of nitrogens with zero attached hydrogens (tertiary/aromatic N) is 2. The summed E-state index contributed by atoms with van der Waals surface area (Å²) in [6.07, 6.45) is 3.52. The molecule has 0 unspecified atom stereocenters. The third-order valence-electron chi connectivity index (χ3n) is 4.75. The van der Waals surface area contributed by atoms with E-state index >= 15 is 0 Å². The van der Waals surface area contributed by atoms with Gasteiger partial charge in [0.1, 0.15) is 11.6 Å². The predicted octanol–water partition coefficient (Wildman–Crippen LogP) is 5.76. The Kier molecular flexibility index (Phi) is 5.45. The number of ether oxygens (including phenoxy) is 1. The van der Waals surface area contributed by atoms with E-state index in [2.05, 4.69) is 17.1 Å². The molecule has 3 aromatic carbocycles. The van der Waals surface area contributed by atoms with Gasteiger partial charge < -0.3 is 9.30 Å². The summed E-state index contributed by atoms with van der Waals surface area (Å²) in [6.45, 7) is 0.183. The van der Waals surface area contributed by atoms with Gasteiger partial charge >= 0.3 is 0 Å². The van der Waals surface area contributed by atoms with Crippen molar-refractivity contribution in [2.75, 3.05) is 7.11 Å². The van der Waals surface area contributed by atoms with Gasteiger partial charge in [-0.25, -0.2) is 4.98 Å². The first-order chi connectivity index (χ1) is 14.2. The minimum absolute atomic E-state index is 0.00919. The molecule has 0 aliphatic carbocycles. The maximum Gasteiger partial charge on any atom is 0.182 e. The molecule has 4 nitrogen and oxygen atoms in total. The number of aromatic nitrogens is 2. The Labute approximate surface area is 174 Å². The molecular weight excluding hydrogens is 384 g/mol. The first-order valence-electron chi connectivity index (χ1n) is 9.19. The van der Waals surface area contributed by atoms with Crippen molar-refractivity contribution in [1.82, 2.24) is 9.55 Å². The van der Waals surface area contributed by atoms with Crippen LogP contribution in [0.4, 0.5) is 0 Å². The van der Waals surface area contributed by atoms with E-state index in [4.69, 9.17) is 16.3 Å². The summed E-state index contributed by atoms with van der Waals surface area (Å²) in [5.74, 6) is 1.44. The molecule has 0 saturated carbocycles. The second-order valence-corrected chi connectivity index (χ2v) is 7.02. The van der Waals surface area contributed by atoms with Gasteiger partial charge in [0.2, 0.25) is 0 Å². The van der Waals surface area contributed by atoms with Crippen molar-refractivity contribution in [3.8, 4) is 28.3 Å². The summed E-state index contributed by atoms with van der Waals surface area (Å²) >= 11 is 5.93. The SMILES string of the molecule is COc1ccc(-c2ccccc2)c(-c2nccn2CC(=O)c2ccc(Cl)cc2)c1. The topological polar surface area (TPSA) is 44.1 Å². The first-order valence-corrected chi connectivity index (χ1v) is 9.57. The van der Waals surface area contributed by atoms with E-state index in [9.17, 15) is 4.79 Å². The maximum atomic E-state index is 12.8. The summed E-state index contributed by atoms with van der Waals surface area (Å²) in [5.41, 5.74) is 3.62.